The Morgan fingerprint density at radius 1 is 0.771 bits per heavy atom. The van der Waals surface area contributed by atoms with E-state index in [1.54, 1.807) is 36.4 Å². The van der Waals surface area contributed by atoms with Gasteiger partial charge in [0.1, 0.15) is 11.5 Å². The molecule has 0 bridgehead atoms. The molecule has 0 fully saturated rings. The molecule has 0 aliphatic heterocycles. The second-order valence-electron chi connectivity index (χ2n) is 7.70. The van der Waals surface area contributed by atoms with Crippen LogP contribution in [0.3, 0.4) is 0 Å². The molecule has 0 aliphatic rings. The smallest absolute Gasteiger partial charge is 0.435 e. The molecule has 1 heterocycles. The van der Waals surface area contributed by atoms with Crippen molar-refractivity contribution in [2.24, 2.45) is 0 Å². The molecule has 0 amide bonds. The maximum atomic E-state index is 14.2. The van der Waals surface area contributed by atoms with Crippen LogP contribution in [0.15, 0.2) is 77.7 Å². The number of alkyl halides is 3. The van der Waals surface area contributed by atoms with Gasteiger partial charge in [0.25, 0.3) is 0 Å². The maximum Gasteiger partial charge on any atom is 0.435 e. The van der Waals surface area contributed by atoms with Crippen LogP contribution in [0.5, 0.6) is 11.5 Å². The summed E-state index contributed by atoms with van der Waals surface area (Å²) in [4.78, 5) is 0.0544. The summed E-state index contributed by atoms with van der Waals surface area (Å²) in [6.45, 7) is 0. The summed E-state index contributed by atoms with van der Waals surface area (Å²) in [5.41, 5.74) is -0.0307. The zero-order valence-corrected chi connectivity index (χ0v) is 19.8. The number of aromatic nitrogens is 2. The molecule has 4 rings (SSSR count). The van der Waals surface area contributed by atoms with E-state index in [0.717, 1.165) is 6.26 Å². The van der Waals surface area contributed by atoms with Crippen molar-refractivity contribution in [3.63, 3.8) is 0 Å². The van der Waals surface area contributed by atoms with Crippen molar-refractivity contribution in [1.82, 2.24) is 9.78 Å². The Bertz CT molecular complexity index is 1440. The van der Waals surface area contributed by atoms with E-state index >= 15 is 0 Å². The third-order valence-corrected chi connectivity index (χ3v) is 6.53. The number of benzene rings is 3. The molecule has 1 aromatic heterocycles. The summed E-state index contributed by atoms with van der Waals surface area (Å²) in [6, 6.07) is 18.3. The van der Waals surface area contributed by atoms with Gasteiger partial charge in [-0.1, -0.05) is 24.3 Å². The lowest BCUT2D eigenvalue weighted by atomic mass is 9.98. The average Bonchev–Trinajstić information content (AvgIpc) is 3.25. The van der Waals surface area contributed by atoms with Crippen molar-refractivity contribution in [1.29, 1.82) is 0 Å². The third-order valence-electron chi connectivity index (χ3n) is 5.41. The molecular weight excluding hydrogens is 481 g/mol. The van der Waals surface area contributed by atoms with Gasteiger partial charge in [0.15, 0.2) is 15.5 Å². The molecule has 3 aromatic carbocycles. The number of methoxy groups -OCH3 is 2. The monoisotopic (exact) mass is 502 g/mol. The van der Waals surface area contributed by atoms with E-state index in [1.165, 1.54) is 55.3 Å². The molecule has 0 atom stereocenters. The van der Waals surface area contributed by atoms with Crippen LogP contribution in [-0.4, -0.2) is 38.7 Å². The van der Waals surface area contributed by atoms with Gasteiger partial charge in [-0.25, -0.2) is 13.1 Å². The van der Waals surface area contributed by atoms with Crippen LogP contribution < -0.4 is 9.47 Å². The zero-order valence-electron chi connectivity index (χ0n) is 19.0. The van der Waals surface area contributed by atoms with Crippen molar-refractivity contribution in [2.45, 2.75) is 11.1 Å². The number of hydrogen-bond donors (Lipinski definition) is 0. The van der Waals surface area contributed by atoms with Crippen LogP contribution in [-0.2, 0) is 16.0 Å². The lowest BCUT2D eigenvalue weighted by Gasteiger charge is -2.12. The minimum atomic E-state index is -4.76. The molecule has 6 nitrogen and oxygen atoms in total. The summed E-state index contributed by atoms with van der Waals surface area (Å²) < 4.78 is 78.1. The summed E-state index contributed by atoms with van der Waals surface area (Å²) in [7, 11) is -0.538. The fourth-order valence-corrected chi connectivity index (χ4v) is 4.31. The molecule has 10 heteroatoms. The van der Waals surface area contributed by atoms with Gasteiger partial charge in [0.05, 0.1) is 30.5 Å². The second-order valence-corrected chi connectivity index (χ2v) is 9.72. The Kier molecular flexibility index (Phi) is 6.33. The van der Waals surface area contributed by atoms with Crippen molar-refractivity contribution in [3.05, 3.63) is 78.5 Å². The molecule has 0 radical (unpaired) electrons. The molecular formula is C25H21F3N2O4S. The normalized spacial score (nSPS) is 11.9. The fourth-order valence-electron chi connectivity index (χ4n) is 3.68. The zero-order chi connectivity index (χ0) is 25.4. The van der Waals surface area contributed by atoms with Gasteiger partial charge in [0, 0.05) is 17.4 Å². The van der Waals surface area contributed by atoms with E-state index in [0.29, 0.717) is 22.7 Å². The Morgan fingerprint density at radius 3 is 1.71 bits per heavy atom. The van der Waals surface area contributed by atoms with Crippen molar-refractivity contribution in [2.75, 3.05) is 20.5 Å². The SMILES string of the molecule is COc1ccc(-c2c(C(F)(F)F)nn(-c3ccc(OC)cc3)c2-c2ccc(S(C)(=O)=O)cc2)cc1. The van der Waals surface area contributed by atoms with E-state index in [2.05, 4.69) is 5.10 Å². The second kappa shape index (κ2) is 9.10. The topological polar surface area (TPSA) is 70.4 Å². The van der Waals surface area contributed by atoms with E-state index in [4.69, 9.17) is 9.47 Å². The molecule has 0 saturated carbocycles. The van der Waals surface area contributed by atoms with Crippen LogP contribution >= 0.6 is 0 Å². The highest BCUT2D eigenvalue weighted by molar-refractivity contribution is 7.90. The maximum absolute atomic E-state index is 14.2. The first-order chi connectivity index (χ1) is 16.5. The Balaban J connectivity index is 2.04. The summed E-state index contributed by atoms with van der Waals surface area (Å²) >= 11 is 0. The summed E-state index contributed by atoms with van der Waals surface area (Å²) in [6.07, 6.45) is -3.69. The molecule has 182 valence electrons. The molecule has 0 saturated heterocycles. The first kappa shape index (κ1) is 24.3. The first-order valence-corrected chi connectivity index (χ1v) is 12.2. The van der Waals surface area contributed by atoms with Crippen LogP contribution in [0.25, 0.3) is 28.1 Å². The minimum Gasteiger partial charge on any atom is -0.497 e. The molecule has 0 spiro atoms. The largest absolute Gasteiger partial charge is 0.497 e. The van der Waals surface area contributed by atoms with Crippen molar-refractivity contribution >= 4 is 9.84 Å². The quantitative estimate of drug-likeness (QED) is 0.341. The highest BCUT2D eigenvalue weighted by Crippen LogP contribution is 2.44. The van der Waals surface area contributed by atoms with E-state index < -0.39 is 21.7 Å². The van der Waals surface area contributed by atoms with Crippen LogP contribution in [0.4, 0.5) is 13.2 Å². The molecule has 0 unspecified atom stereocenters. The van der Waals surface area contributed by atoms with Crippen molar-refractivity contribution < 1.29 is 31.1 Å². The van der Waals surface area contributed by atoms with Crippen LogP contribution in [0.2, 0.25) is 0 Å². The van der Waals surface area contributed by atoms with Gasteiger partial charge < -0.3 is 9.47 Å². The van der Waals surface area contributed by atoms with E-state index in [1.807, 2.05) is 0 Å². The predicted octanol–water partition coefficient (Wildman–Crippen LogP) is 5.65. The lowest BCUT2D eigenvalue weighted by Crippen LogP contribution is -2.08. The van der Waals surface area contributed by atoms with E-state index in [9.17, 15) is 21.6 Å². The third kappa shape index (κ3) is 4.88. The van der Waals surface area contributed by atoms with Crippen molar-refractivity contribution in [3.8, 4) is 39.6 Å². The van der Waals surface area contributed by atoms with Gasteiger partial charge in [-0.3, -0.25) is 0 Å². The number of sulfone groups is 1. The number of ether oxygens (including phenoxy) is 2. The standard InChI is InChI=1S/C25H21F3N2O4S/c1-33-19-10-4-16(5-11-19)22-23(17-6-14-21(15-7-17)35(3,31)32)30(29-24(22)25(26,27)28)18-8-12-20(34-2)13-9-18/h4-15H,1-3H3. The van der Waals surface area contributed by atoms with Gasteiger partial charge >= 0.3 is 6.18 Å². The van der Waals surface area contributed by atoms with Gasteiger partial charge in [0.2, 0.25) is 0 Å². The Morgan fingerprint density at radius 2 is 1.26 bits per heavy atom. The Hall–Kier alpha value is -3.79. The average molecular weight is 503 g/mol. The van der Waals surface area contributed by atoms with Gasteiger partial charge in [-0.2, -0.15) is 18.3 Å². The molecule has 0 aliphatic carbocycles. The highest BCUT2D eigenvalue weighted by Gasteiger charge is 2.40. The van der Waals surface area contributed by atoms with Gasteiger partial charge in [-0.05, 0) is 54.1 Å². The van der Waals surface area contributed by atoms with Crippen LogP contribution in [0.1, 0.15) is 5.69 Å². The number of hydrogen-bond acceptors (Lipinski definition) is 5. The minimum absolute atomic E-state index is 0.0544. The molecule has 4 aromatic rings. The number of nitrogens with zero attached hydrogens (tertiary/aromatic N) is 2. The molecule has 0 N–H and O–H groups in total. The Labute approximate surface area is 200 Å². The van der Waals surface area contributed by atoms with Crippen LogP contribution in [0, 0.1) is 0 Å². The number of halogens is 3. The molecule has 35 heavy (non-hydrogen) atoms. The fraction of sp³-hybridized carbons (Fsp3) is 0.160. The summed E-state index contributed by atoms with van der Waals surface area (Å²) in [5, 5.41) is 3.98. The number of rotatable bonds is 6. The lowest BCUT2D eigenvalue weighted by molar-refractivity contribution is -0.140. The highest BCUT2D eigenvalue weighted by atomic mass is 32.2. The van der Waals surface area contributed by atoms with E-state index in [-0.39, 0.29) is 21.7 Å². The van der Waals surface area contributed by atoms with Gasteiger partial charge in [-0.15, -0.1) is 0 Å². The first-order valence-electron chi connectivity index (χ1n) is 10.3. The predicted molar refractivity (Wildman–Crippen MR) is 126 cm³/mol. The summed E-state index contributed by atoms with van der Waals surface area (Å²) in [5.74, 6) is 1.02.